The Balaban J connectivity index is 1.82. The number of rotatable bonds is 3. The minimum absolute atomic E-state index is 0.0458. The first kappa shape index (κ1) is 12.2. The summed E-state index contributed by atoms with van der Waals surface area (Å²) < 4.78 is 0. The van der Waals surface area contributed by atoms with Crippen LogP contribution in [0.1, 0.15) is 29.6 Å². The van der Waals surface area contributed by atoms with Gasteiger partial charge in [0.15, 0.2) is 0 Å². The Morgan fingerprint density at radius 1 is 1.37 bits per heavy atom. The Morgan fingerprint density at radius 2 is 2.26 bits per heavy atom. The van der Waals surface area contributed by atoms with Crippen molar-refractivity contribution in [3.63, 3.8) is 0 Å². The molecule has 1 aliphatic rings. The van der Waals surface area contributed by atoms with Gasteiger partial charge in [-0.15, -0.1) is 0 Å². The SMILES string of the molecule is O=C(NC1CCCC1CO)c1cccc2[nH]ccc12. The van der Waals surface area contributed by atoms with Gasteiger partial charge in [-0.1, -0.05) is 12.5 Å². The van der Waals surface area contributed by atoms with Crippen molar-refractivity contribution in [2.45, 2.75) is 25.3 Å². The van der Waals surface area contributed by atoms with Gasteiger partial charge < -0.3 is 15.4 Å². The van der Waals surface area contributed by atoms with E-state index in [1.807, 2.05) is 30.5 Å². The largest absolute Gasteiger partial charge is 0.396 e. The van der Waals surface area contributed by atoms with Gasteiger partial charge in [-0.05, 0) is 31.0 Å². The van der Waals surface area contributed by atoms with E-state index in [1.54, 1.807) is 0 Å². The molecule has 4 nitrogen and oxygen atoms in total. The number of benzene rings is 1. The molecule has 100 valence electrons. The minimum atomic E-state index is -0.0458. The van der Waals surface area contributed by atoms with Gasteiger partial charge in [0.1, 0.15) is 0 Å². The van der Waals surface area contributed by atoms with E-state index in [9.17, 15) is 9.90 Å². The highest BCUT2D eigenvalue weighted by Crippen LogP contribution is 2.26. The lowest BCUT2D eigenvalue weighted by atomic mass is 10.0. The average Bonchev–Trinajstić information content (AvgIpc) is 3.05. The standard InChI is InChI=1S/C15H18N2O2/c18-9-10-3-1-5-13(10)17-15(19)12-4-2-6-14-11(12)7-8-16-14/h2,4,6-8,10,13,16,18H,1,3,5,9H2,(H,17,19). The summed E-state index contributed by atoms with van der Waals surface area (Å²) >= 11 is 0. The van der Waals surface area contributed by atoms with Gasteiger partial charge in [-0.2, -0.15) is 0 Å². The predicted molar refractivity (Wildman–Crippen MR) is 74.0 cm³/mol. The fourth-order valence-corrected chi connectivity index (χ4v) is 2.97. The van der Waals surface area contributed by atoms with Crippen molar-refractivity contribution in [1.29, 1.82) is 0 Å². The predicted octanol–water partition coefficient (Wildman–Crippen LogP) is 2.06. The molecule has 0 spiro atoms. The maximum atomic E-state index is 12.4. The molecule has 2 atom stereocenters. The van der Waals surface area contributed by atoms with E-state index in [4.69, 9.17) is 0 Å². The van der Waals surface area contributed by atoms with Crippen LogP contribution in [0.15, 0.2) is 30.5 Å². The zero-order chi connectivity index (χ0) is 13.2. The molecule has 19 heavy (non-hydrogen) atoms. The number of carbonyl (C=O) groups is 1. The molecule has 2 aromatic rings. The molecule has 1 amide bonds. The molecule has 1 aromatic carbocycles. The molecule has 1 aliphatic carbocycles. The Hall–Kier alpha value is -1.81. The van der Waals surface area contributed by atoms with Crippen molar-refractivity contribution in [2.75, 3.05) is 6.61 Å². The third-order valence-corrected chi connectivity index (χ3v) is 4.05. The fraction of sp³-hybridized carbons (Fsp3) is 0.400. The Morgan fingerprint density at radius 3 is 3.11 bits per heavy atom. The third kappa shape index (κ3) is 2.24. The highest BCUT2D eigenvalue weighted by atomic mass is 16.3. The summed E-state index contributed by atoms with van der Waals surface area (Å²) in [6, 6.07) is 7.70. The van der Waals surface area contributed by atoms with Crippen LogP contribution in [-0.2, 0) is 0 Å². The third-order valence-electron chi connectivity index (χ3n) is 4.05. The molecule has 1 heterocycles. The first-order valence-corrected chi connectivity index (χ1v) is 6.77. The van der Waals surface area contributed by atoms with Crippen molar-refractivity contribution in [3.05, 3.63) is 36.0 Å². The van der Waals surface area contributed by atoms with Gasteiger partial charge in [-0.3, -0.25) is 4.79 Å². The van der Waals surface area contributed by atoms with Crippen molar-refractivity contribution in [3.8, 4) is 0 Å². The fourth-order valence-electron chi connectivity index (χ4n) is 2.97. The molecule has 3 rings (SSSR count). The van der Waals surface area contributed by atoms with Crippen molar-refractivity contribution in [2.24, 2.45) is 5.92 Å². The highest BCUT2D eigenvalue weighted by Gasteiger charge is 2.28. The van der Waals surface area contributed by atoms with Crippen LogP contribution in [0.2, 0.25) is 0 Å². The van der Waals surface area contributed by atoms with Crippen LogP contribution < -0.4 is 5.32 Å². The number of fused-ring (bicyclic) bond motifs is 1. The van der Waals surface area contributed by atoms with Gasteiger partial charge in [0.2, 0.25) is 0 Å². The number of amides is 1. The van der Waals surface area contributed by atoms with Crippen LogP contribution in [0.5, 0.6) is 0 Å². The second-order valence-electron chi connectivity index (χ2n) is 5.20. The van der Waals surface area contributed by atoms with Crippen molar-refractivity contribution < 1.29 is 9.90 Å². The molecule has 1 fully saturated rings. The number of hydrogen-bond donors (Lipinski definition) is 3. The van der Waals surface area contributed by atoms with E-state index in [-0.39, 0.29) is 24.5 Å². The van der Waals surface area contributed by atoms with Crippen molar-refractivity contribution >= 4 is 16.8 Å². The number of aliphatic hydroxyl groups excluding tert-OH is 1. The van der Waals surface area contributed by atoms with E-state index in [2.05, 4.69) is 10.3 Å². The molecule has 4 heteroatoms. The zero-order valence-corrected chi connectivity index (χ0v) is 10.7. The van der Waals surface area contributed by atoms with E-state index >= 15 is 0 Å². The van der Waals surface area contributed by atoms with Gasteiger partial charge in [0, 0.05) is 41.2 Å². The smallest absolute Gasteiger partial charge is 0.252 e. The number of nitrogens with one attached hydrogen (secondary N) is 2. The molecule has 0 aliphatic heterocycles. The number of hydrogen-bond acceptors (Lipinski definition) is 2. The summed E-state index contributed by atoms with van der Waals surface area (Å²) in [5.41, 5.74) is 1.67. The molecule has 0 radical (unpaired) electrons. The maximum absolute atomic E-state index is 12.4. The monoisotopic (exact) mass is 258 g/mol. The number of aromatic amines is 1. The second-order valence-corrected chi connectivity index (χ2v) is 5.20. The molecule has 0 bridgehead atoms. The number of H-pyrrole nitrogens is 1. The average molecular weight is 258 g/mol. The molecule has 3 N–H and O–H groups in total. The van der Waals surface area contributed by atoms with Crippen LogP contribution in [0.3, 0.4) is 0 Å². The number of aromatic nitrogens is 1. The number of carbonyl (C=O) groups excluding carboxylic acids is 1. The van der Waals surface area contributed by atoms with Gasteiger partial charge in [0.05, 0.1) is 0 Å². The van der Waals surface area contributed by atoms with Crippen LogP contribution in [0, 0.1) is 5.92 Å². The first-order chi connectivity index (χ1) is 9.29. The molecule has 0 saturated heterocycles. The Kier molecular flexibility index (Phi) is 3.25. The van der Waals surface area contributed by atoms with Gasteiger partial charge in [0.25, 0.3) is 5.91 Å². The lowest BCUT2D eigenvalue weighted by molar-refractivity contribution is 0.0918. The summed E-state index contributed by atoms with van der Waals surface area (Å²) in [6.45, 7) is 0.152. The van der Waals surface area contributed by atoms with E-state index in [0.29, 0.717) is 5.56 Å². The minimum Gasteiger partial charge on any atom is -0.396 e. The Bertz CT molecular complexity index is 591. The molecular weight excluding hydrogens is 240 g/mol. The normalized spacial score (nSPS) is 22.8. The van der Waals surface area contributed by atoms with Crippen LogP contribution >= 0.6 is 0 Å². The molecule has 1 saturated carbocycles. The number of aliphatic hydroxyl groups is 1. The van der Waals surface area contributed by atoms with E-state index < -0.39 is 0 Å². The quantitative estimate of drug-likeness (QED) is 0.789. The highest BCUT2D eigenvalue weighted by molar-refractivity contribution is 6.06. The van der Waals surface area contributed by atoms with E-state index in [0.717, 1.165) is 30.2 Å². The summed E-state index contributed by atoms with van der Waals surface area (Å²) in [5.74, 6) is 0.157. The van der Waals surface area contributed by atoms with Gasteiger partial charge >= 0.3 is 0 Å². The summed E-state index contributed by atoms with van der Waals surface area (Å²) in [4.78, 5) is 15.5. The summed E-state index contributed by atoms with van der Waals surface area (Å²) in [6.07, 6.45) is 4.87. The zero-order valence-electron chi connectivity index (χ0n) is 10.7. The molecule has 2 unspecified atom stereocenters. The lowest BCUT2D eigenvalue weighted by Crippen LogP contribution is -2.38. The van der Waals surface area contributed by atoms with Crippen LogP contribution in [0.4, 0.5) is 0 Å². The summed E-state index contributed by atoms with van der Waals surface area (Å²) in [5, 5.41) is 13.3. The lowest BCUT2D eigenvalue weighted by Gasteiger charge is -2.19. The van der Waals surface area contributed by atoms with Crippen molar-refractivity contribution in [1.82, 2.24) is 10.3 Å². The van der Waals surface area contributed by atoms with Gasteiger partial charge in [-0.25, -0.2) is 0 Å². The molecule has 1 aromatic heterocycles. The summed E-state index contributed by atoms with van der Waals surface area (Å²) in [7, 11) is 0. The Labute approximate surface area is 111 Å². The van der Waals surface area contributed by atoms with Crippen LogP contribution in [0.25, 0.3) is 10.9 Å². The maximum Gasteiger partial charge on any atom is 0.252 e. The topological polar surface area (TPSA) is 65.1 Å². The first-order valence-electron chi connectivity index (χ1n) is 6.77. The van der Waals surface area contributed by atoms with E-state index in [1.165, 1.54) is 0 Å². The second kappa shape index (κ2) is 5.05. The molecular formula is C15H18N2O2. The van der Waals surface area contributed by atoms with Crippen LogP contribution in [-0.4, -0.2) is 28.6 Å².